The molecule has 0 fully saturated rings. The van der Waals surface area contributed by atoms with Gasteiger partial charge in [-0.3, -0.25) is 9.59 Å². The zero-order valence-electron chi connectivity index (χ0n) is 16.6. The molecule has 0 bridgehead atoms. The summed E-state index contributed by atoms with van der Waals surface area (Å²) in [4.78, 5) is 26.1. The van der Waals surface area contributed by atoms with Crippen molar-refractivity contribution in [1.29, 1.82) is 0 Å². The molecule has 28 heavy (non-hydrogen) atoms. The second-order valence-corrected chi connectivity index (χ2v) is 5.76. The maximum atomic E-state index is 12.6. The van der Waals surface area contributed by atoms with E-state index in [4.69, 9.17) is 18.9 Å². The minimum atomic E-state index is -0.392. The first-order chi connectivity index (χ1) is 13.4. The highest BCUT2D eigenvalue weighted by Crippen LogP contribution is 2.32. The van der Waals surface area contributed by atoms with Crippen molar-refractivity contribution < 1.29 is 28.5 Å². The predicted octanol–water partition coefficient (Wildman–Crippen LogP) is 2.71. The van der Waals surface area contributed by atoms with Crippen LogP contribution in [0.15, 0.2) is 36.4 Å². The number of carbonyl (C=O) groups is 2. The van der Waals surface area contributed by atoms with Gasteiger partial charge in [-0.2, -0.15) is 0 Å². The van der Waals surface area contributed by atoms with Crippen LogP contribution < -0.4 is 29.2 Å². The van der Waals surface area contributed by atoms with Crippen LogP contribution in [-0.4, -0.2) is 46.8 Å². The fourth-order valence-electron chi connectivity index (χ4n) is 2.62. The molecule has 0 atom stereocenters. The molecule has 1 N–H and O–H groups in total. The Bertz CT molecular complexity index is 853. The van der Waals surface area contributed by atoms with Gasteiger partial charge < -0.3 is 29.2 Å². The molecule has 0 heterocycles. The molecule has 0 aliphatic carbocycles. The molecule has 0 unspecified atom stereocenters. The van der Waals surface area contributed by atoms with Crippen molar-refractivity contribution in [2.75, 3.05) is 45.2 Å². The Morgan fingerprint density at radius 1 is 0.857 bits per heavy atom. The van der Waals surface area contributed by atoms with E-state index in [2.05, 4.69) is 5.32 Å². The Labute approximate surface area is 163 Å². The van der Waals surface area contributed by atoms with Gasteiger partial charge in [-0.25, -0.2) is 0 Å². The quantitative estimate of drug-likeness (QED) is 0.748. The van der Waals surface area contributed by atoms with E-state index in [9.17, 15) is 9.59 Å². The predicted molar refractivity (Wildman–Crippen MR) is 106 cm³/mol. The fraction of sp³-hybridized carbons (Fsp3) is 0.300. The SMILES string of the molecule is COc1ccc(OC)c(NC(=O)CN(C(C)=O)c2ccc(OC)c(OC)c2)c1. The standard InChI is InChI=1S/C20H24N2O6/c1-13(23)22(14-6-8-18(27-4)19(10-14)28-5)12-20(24)21-16-11-15(25-2)7-9-17(16)26-3/h6-11H,12H2,1-5H3,(H,21,24). The lowest BCUT2D eigenvalue weighted by atomic mass is 10.2. The minimum absolute atomic E-state index is 0.189. The first-order valence-corrected chi connectivity index (χ1v) is 8.45. The number of rotatable bonds is 8. The molecule has 0 radical (unpaired) electrons. The summed E-state index contributed by atoms with van der Waals surface area (Å²) >= 11 is 0. The Morgan fingerprint density at radius 2 is 1.50 bits per heavy atom. The van der Waals surface area contributed by atoms with Crippen LogP contribution in [0.3, 0.4) is 0 Å². The molecule has 150 valence electrons. The molecular weight excluding hydrogens is 364 g/mol. The van der Waals surface area contributed by atoms with Crippen LogP contribution in [0.5, 0.6) is 23.0 Å². The van der Waals surface area contributed by atoms with Crippen molar-refractivity contribution >= 4 is 23.2 Å². The number of nitrogens with zero attached hydrogens (tertiary/aromatic N) is 1. The zero-order valence-corrected chi connectivity index (χ0v) is 16.6. The summed E-state index contributed by atoms with van der Waals surface area (Å²) in [6.45, 7) is 1.20. The van der Waals surface area contributed by atoms with Gasteiger partial charge in [-0.15, -0.1) is 0 Å². The molecule has 0 saturated carbocycles. The van der Waals surface area contributed by atoms with Crippen LogP contribution >= 0.6 is 0 Å². The molecule has 8 nitrogen and oxygen atoms in total. The Hall–Kier alpha value is -3.42. The molecule has 0 spiro atoms. The van der Waals surface area contributed by atoms with Crippen molar-refractivity contribution in [3.05, 3.63) is 36.4 Å². The van der Waals surface area contributed by atoms with E-state index in [1.807, 2.05) is 0 Å². The van der Waals surface area contributed by atoms with E-state index in [1.165, 1.54) is 40.3 Å². The lowest BCUT2D eigenvalue weighted by Crippen LogP contribution is -2.36. The number of amides is 2. The van der Waals surface area contributed by atoms with E-state index in [1.54, 1.807) is 36.4 Å². The van der Waals surface area contributed by atoms with Gasteiger partial charge in [0.05, 0.1) is 34.1 Å². The Kier molecular flexibility index (Phi) is 7.08. The molecule has 0 aliphatic rings. The van der Waals surface area contributed by atoms with Crippen LogP contribution in [0.25, 0.3) is 0 Å². The average molecular weight is 388 g/mol. The summed E-state index contributed by atoms with van der Waals surface area (Å²) in [6.07, 6.45) is 0. The molecular formula is C20H24N2O6. The maximum absolute atomic E-state index is 12.6. The van der Waals surface area contributed by atoms with Crippen molar-refractivity contribution in [2.24, 2.45) is 0 Å². The van der Waals surface area contributed by atoms with Gasteiger partial charge >= 0.3 is 0 Å². The minimum Gasteiger partial charge on any atom is -0.497 e. The number of carbonyl (C=O) groups excluding carboxylic acids is 2. The smallest absolute Gasteiger partial charge is 0.244 e. The molecule has 0 aromatic heterocycles. The first kappa shape index (κ1) is 20.9. The van der Waals surface area contributed by atoms with Gasteiger partial charge in [0.15, 0.2) is 11.5 Å². The molecule has 2 aromatic rings. The van der Waals surface area contributed by atoms with E-state index in [0.29, 0.717) is 34.4 Å². The van der Waals surface area contributed by atoms with Crippen LogP contribution in [0.4, 0.5) is 11.4 Å². The first-order valence-electron chi connectivity index (χ1n) is 8.45. The molecule has 2 rings (SSSR count). The third kappa shape index (κ3) is 4.85. The summed E-state index contributed by atoms with van der Waals surface area (Å²) in [7, 11) is 6.06. The van der Waals surface area contributed by atoms with Crippen LogP contribution in [0.2, 0.25) is 0 Å². The zero-order chi connectivity index (χ0) is 20.7. The highest BCUT2D eigenvalue weighted by Gasteiger charge is 2.19. The number of hydrogen-bond donors (Lipinski definition) is 1. The molecule has 0 aliphatic heterocycles. The summed E-state index contributed by atoms with van der Waals surface area (Å²) in [5.74, 6) is 1.35. The van der Waals surface area contributed by atoms with Crippen molar-refractivity contribution in [2.45, 2.75) is 6.92 Å². The van der Waals surface area contributed by atoms with E-state index in [-0.39, 0.29) is 12.5 Å². The Morgan fingerprint density at radius 3 is 2.07 bits per heavy atom. The Balaban J connectivity index is 2.23. The van der Waals surface area contributed by atoms with Crippen molar-refractivity contribution in [3.63, 3.8) is 0 Å². The van der Waals surface area contributed by atoms with Crippen LogP contribution in [0, 0.1) is 0 Å². The maximum Gasteiger partial charge on any atom is 0.244 e. The third-order valence-electron chi connectivity index (χ3n) is 4.04. The monoisotopic (exact) mass is 388 g/mol. The lowest BCUT2D eigenvalue weighted by Gasteiger charge is -2.22. The van der Waals surface area contributed by atoms with Gasteiger partial charge in [0.25, 0.3) is 0 Å². The number of methoxy groups -OCH3 is 4. The third-order valence-corrected chi connectivity index (χ3v) is 4.04. The summed E-state index contributed by atoms with van der Waals surface area (Å²) in [5.41, 5.74) is 0.959. The molecule has 2 aromatic carbocycles. The fourth-order valence-corrected chi connectivity index (χ4v) is 2.62. The normalized spacial score (nSPS) is 10.0. The largest absolute Gasteiger partial charge is 0.497 e. The molecule has 0 saturated heterocycles. The topological polar surface area (TPSA) is 86.3 Å². The van der Waals surface area contributed by atoms with Gasteiger partial charge in [0.2, 0.25) is 11.8 Å². The second-order valence-electron chi connectivity index (χ2n) is 5.76. The van der Waals surface area contributed by atoms with Crippen molar-refractivity contribution in [1.82, 2.24) is 0 Å². The number of hydrogen-bond acceptors (Lipinski definition) is 6. The van der Waals surface area contributed by atoms with Gasteiger partial charge in [-0.05, 0) is 24.3 Å². The second kappa shape index (κ2) is 9.50. The number of anilines is 2. The van der Waals surface area contributed by atoms with Gasteiger partial charge in [-0.1, -0.05) is 0 Å². The summed E-state index contributed by atoms with van der Waals surface area (Å²) < 4.78 is 20.9. The van der Waals surface area contributed by atoms with Gasteiger partial charge in [0, 0.05) is 24.7 Å². The summed E-state index contributed by atoms with van der Waals surface area (Å²) in [5, 5.41) is 2.75. The highest BCUT2D eigenvalue weighted by molar-refractivity contribution is 6.02. The molecule has 8 heteroatoms. The molecule has 2 amide bonds. The van der Waals surface area contributed by atoms with Crippen LogP contribution in [-0.2, 0) is 9.59 Å². The number of nitrogens with one attached hydrogen (secondary N) is 1. The summed E-state index contributed by atoms with van der Waals surface area (Å²) in [6, 6.07) is 10.0. The number of benzene rings is 2. The van der Waals surface area contributed by atoms with Gasteiger partial charge in [0.1, 0.15) is 18.0 Å². The average Bonchev–Trinajstić information content (AvgIpc) is 2.71. The number of ether oxygens (including phenoxy) is 4. The van der Waals surface area contributed by atoms with E-state index < -0.39 is 5.91 Å². The van der Waals surface area contributed by atoms with Crippen molar-refractivity contribution in [3.8, 4) is 23.0 Å². The highest BCUT2D eigenvalue weighted by atomic mass is 16.5. The lowest BCUT2D eigenvalue weighted by molar-refractivity contribution is -0.120. The van der Waals surface area contributed by atoms with E-state index in [0.717, 1.165) is 0 Å². The van der Waals surface area contributed by atoms with E-state index >= 15 is 0 Å². The van der Waals surface area contributed by atoms with Crippen LogP contribution in [0.1, 0.15) is 6.92 Å².